The first kappa shape index (κ1) is 14.4. The molecule has 0 amide bonds. The summed E-state index contributed by atoms with van der Waals surface area (Å²) >= 11 is 0. The molecule has 0 aliphatic carbocycles. The van der Waals surface area contributed by atoms with E-state index in [1.807, 2.05) is 13.8 Å². The van der Waals surface area contributed by atoms with Crippen LogP contribution in [0.4, 0.5) is 0 Å². The minimum atomic E-state index is -0.303. The summed E-state index contributed by atoms with van der Waals surface area (Å²) in [5.41, 5.74) is 5.82. The van der Waals surface area contributed by atoms with E-state index in [1.165, 1.54) is 12.8 Å². The Morgan fingerprint density at radius 3 is 2.74 bits per heavy atom. The number of ether oxygens (including phenoxy) is 1. The first-order valence-electron chi connectivity index (χ1n) is 6.86. The molecule has 1 saturated heterocycles. The minimum Gasteiger partial charge on any atom is -0.378 e. The molecule has 6 nitrogen and oxygen atoms in total. The molecule has 1 aliphatic rings. The molecule has 0 radical (unpaired) electrons. The van der Waals surface area contributed by atoms with Gasteiger partial charge in [-0.2, -0.15) is 4.98 Å². The van der Waals surface area contributed by atoms with Gasteiger partial charge in [0.05, 0.1) is 18.1 Å². The Labute approximate surface area is 114 Å². The Balaban J connectivity index is 1.92. The van der Waals surface area contributed by atoms with Crippen molar-refractivity contribution >= 4 is 0 Å². The van der Waals surface area contributed by atoms with E-state index in [1.54, 1.807) is 7.11 Å². The van der Waals surface area contributed by atoms with Crippen LogP contribution in [0, 0.1) is 0 Å². The van der Waals surface area contributed by atoms with Crippen LogP contribution in [0.15, 0.2) is 4.52 Å². The van der Waals surface area contributed by atoms with Crippen molar-refractivity contribution in [3.8, 4) is 0 Å². The topological polar surface area (TPSA) is 77.4 Å². The smallest absolute Gasteiger partial charge is 0.229 e. The van der Waals surface area contributed by atoms with Gasteiger partial charge in [0.2, 0.25) is 5.89 Å². The standard InChI is InChI=1S/C13H24N4O2/c1-13(2,18-3)8-11-15-12(16-19-11)10(14)9-17-6-4-5-7-17/h10H,4-9,14H2,1-3H3. The van der Waals surface area contributed by atoms with Crippen molar-refractivity contribution in [1.82, 2.24) is 15.0 Å². The van der Waals surface area contributed by atoms with Crippen LogP contribution >= 0.6 is 0 Å². The van der Waals surface area contributed by atoms with Crippen LogP contribution < -0.4 is 5.73 Å². The predicted octanol–water partition coefficient (Wildman–Crippen LogP) is 1.13. The predicted molar refractivity (Wildman–Crippen MR) is 71.7 cm³/mol. The van der Waals surface area contributed by atoms with E-state index in [4.69, 9.17) is 15.0 Å². The molecule has 1 aromatic rings. The number of rotatable bonds is 6. The van der Waals surface area contributed by atoms with E-state index in [0.717, 1.165) is 19.6 Å². The van der Waals surface area contributed by atoms with Crippen LogP contribution in [-0.4, -0.2) is 47.4 Å². The molecule has 0 saturated carbocycles. The summed E-state index contributed by atoms with van der Waals surface area (Å²) in [7, 11) is 1.68. The van der Waals surface area contributed by atoms with Crippen molar-refractivity contribution < 1.29 is 9.26 Å². The summed E-state index contributed by atoms with van der Waals surface area (Å²) in [6.07, 6.45) is 3.10. The van der Waals surface area contributed by atoms with Crippen LogP contribution in [0.3, 0.4) is 0 Å². The Kier molecular flexibility index (Phi) is 4.54. The maximum absolute atomic E-state index is 6.13. The van der Waals surface area contributed by atoms with Gasteiger partial charge in [0.1, 0.15) is 0 Å². The van der Waals surface area contributed by atoms with Crippen molar-refractivity contribution in [2.75, 3.05) is 26.7 Å². The third-order valence-corrected chi connectivity index (χ3v) is 3.60. The SMILES string of the molecule is COC(C)(C)Cc1nc(C(N)CN2CCCC2)no1. The Hall–Kier alpha value is -0.980. The van der Waals surface area contributed by atoms with Gasteiger partial charge in [-0.25, -0.2) is 0 Å². The van der Waals surface area contributed by atoms with Gasteiger partial charge in [-0.05, 0) is 39.8 Å². The Bertz CT molecular complexity index is 399. The van der Waals surface area contributed by atoms with Gasteiger partial charge in [0.25, 0.3) is 0 Å². The number of hydrogen-bond acceptors (Lipinski definition) is 6. The summed E-state index contributed by atoms with van der Waals surface area (Å²) in [5.74, 6) is 1.17. The van der Waals surface area contributed by atoms with E-state index >= 15 is 0 Å². The molecule has 2 heterocycles. The van der Waals surface area contributed by atoms with Crippen LogP contribution in [0.2, 0.25) is 0 Å². The minimum absolute atomic E-state index is 0.179. The molecule has 1 aliphatic heterocycles. The Morgan fingerprint density at radius 1 is 1.42 bits per heavy atom. The van der Waals surface area contributed by atoms with Gasteiger partial charge < -0.3 is 19.9 Å². The lowest BCUT2D eigenvalue weighted by molar-refractivity contribution is 0.0170. The summed E-state index contributed by atoms with van der Waals surface area (Å²) in [4.78, 5) is 6.72. The van der Waals surface area contributed by atoms with Crippen LogP contribution in [-0.2, 0) is 11.2 Å². The molecule has 108 valence electrons. The maximum atomic E-state index is 6.13. The van der Waals surface area contributed by atoms with Crippen molar-refractivity contribution in [3.63, 3.8) is 0 Å². The number of aromatic nitrogens is 2. The van der Waals surface area contributed by atoms with E-state index in [2.05, 4.69) is 15.0 Å². The van der Waals surface area contributed by atoms with Crippen LogP contribution in [0.1, 0.15) is 44.4 Å². The van der Waals surface area contributed by atoms with Gasteiger partial charge in [0.15, 0.2) is 5.82 Å². The fraction of sp³-hybridized carbons (Fsp3) is 0.846. The second kappa shape index (κ2) is 5.98. The first-order valence-corrected chi connectivity index (χ1v) is 6.86. The highest BCUT2D eigenvalue weighted by atomic mass is 16.5. The second-order valence-electron chi connectivity index (χ2n) is 5.80. The van der Waals surface area contributed by atoms with E-state index in [0.29, 0.717) is 18.1 Å². The van der Waals surface area contributed by atoms with Crippen LogP contribution in [0.5, 0.6) is 0 Å². The van der Waals surface area contributed by atoms with Gasteiger partial charge in [0, 0.05) is 13.7 Å². The summed E-state index contributed by atoms with van der Waals surface area (Å²) in [6.45, 7) is 7.01. The number of nitrogens with two attached hydrogens (primary N) is 1. The summed E-state index contributed by atoms with van der Waals surface area (Å²) < 4.78 is 10.6. The monoisotopic (exact) mass is 268 g/mol. The summed E-state index contributed by atoms with van der Waals surface area (Å²) in [6, 6.07) is -0.179. The van der Waals surface area contributed by atoms with E-state index in [-0.39, 0.29) is 11.6 Å². The fourth-order valence-corrected chi connectivity index (χ4v) is 2.25. The second-order valence-corrected chi connectivity index (χ2v) is 5.80. The molecule has 2 rings (SSSR count). The average Bonchev–Trinajstić information content (AvgIpc) is 3.00. The van der Waals surface area contributed by atoms with Crippen molar-refractivity contribution in [2.24, 2.45) is 5.73 Å². The van der Waals surface area contributed by atoms with Gasteiger partial charge in [-0.1, -0.05) is 5.16 Å². The normalized spacial score (nSPS) is 18.9. The third kappa shape index (κ3) is 3.99. The molecule has 2 N–H and O–H groups in total. The van der Waals surface area contributed by atoms with Gasteiger partial charge in [-0.3, -0.25) is 0 Å². The number of nitrogens with zero attached hydrogens (tertiary/aromatic N) is 3. The highest BCUT2D eigenvalue weighted by Gasteiger charge is 2.24. The first-order chi connectivity index (χ1) is 9.00. The molecule has 6 heteroatoms. The lowest BCUT2D eigenvalue weighted by Gasteiger charge is -2.20. The van der Waals surface area contributed by atoms with Gasteiger partial charge in [-0.15, -0.1) is 0 Å². The fourth-order valence-electron chi connectivity index (χ4n) is 2.25. The molecule has 1 aromatic heterocycles. The largest absolute Gasteiger partial charge is 0.378 e. The zero-order valence-corrected chi connectivity index (χ0v) is 12.1. The molecule has 0 spiro atoms. The molecule has 1 unspecified atom stereocenters. The molecule has 0 bridgehead atoms. The number of hydrogen-bond donors (Lipinski definition) is 1. The zero-order chi connectivity index (χ0) is 13.9. The highest BCUT2D eigenvalue weighted by Crippen LogP contribution is 2.17. The molecule has 1 fully saturated rings. The Morgan fingerprint density at radius 2 is 2.11 bits per heavy atom. The molecular weight excluding hydrogens is 244 g/mol. The highest BCUT2D eigenvalue weighted by molar-refractivity contribution is 4.96. The van der Waals surface area contributed by atoms with Gasteiger partial charge >= 0.3 is 0 Å². The molecule has 1 atom stereocenters. The van der Waals surface area contributed by atoms with Crippen molar-refractivity contribution in [1.29, 1.82) is 0 Å². The van der Waals surface area contributed by atoms with E-state index in [9.17, 15) is 0 Å². The zero-order valence-electron chi connectivity index (χ0n) is 12.1. The van der Waals surface area contributed by atoms with Crippen LogP contribution in [0.25, 0.3) is 0 Å². The number of likely N-dealkylation sites (tertiary alicyclic amines) is 1. The molecule has 0 aromatic carbocycles. The number of methoxy groups -OCH3 is 1. The third-order valence-electron chi connectivity index (χ3n) is 3.60. The lowest BCUT2D eigenvalue weighted by Crippen LogP contribution is -2.30. The maximum Gasteiger partial charge on any atom is 0.229 e. The van der Waals surface area contributed by atoms with Crippen molar-refractivity contribution in [3.05, 3.63) is 11.7 Å². The lowest BCUT2D eigenvalue weighted by atomic mass is 10.1. The quantitative estimate of drug-likeness (QED) is 0.833. The molecule has 19 heavy (non-hydrogen) atoms. The van der Waals surface area contributed by atoms with Crippen molar-refractivity contribution in [2.45, 2.75) is 44.8 Å². The average molecular weight is 268 g/mol. The van der Waals surface area contributed by atoms with E-state index < -0.39 is 0 Å². The summed E-state index contributed by atoms with van der Waals surface area (Å²) in [5, 5.41) is 3.98. The molecular formula is C13H24N4O2.